The number of carbonyl (C=O) groups is 2. The van der Waals surface area contributed by atoms with Gasteiger partial charge in [-0.2, -0.15) is 0 Å². The number of hydrogen-bond acceptors (Lipinski definition) is 3. The van der Waals surface area contributed by atoms with Crippen molar-refractivity contribution in [2.75, 3.05) is 19.6 Å². The molecule has 21 heavy (non-hydrogen) atoms. The van der Waals surface area contributed by atoms with Gasteiger partial charge in [0.05, 0.1) is 6.10 Å². The number of hydrogen-bond donors (Lipinski definition) is 2. The Morgan fingerprint density at radius 3 is 2.57 bits per heavy atom. The average Bonchev–Trinajstić information content (AvgIpc) is 3.00. The molecule has 5 unspecified atom stereocenters. The second-order valence-electron chi connectivity index (χ2n) is 6.93. The van der Waals surface area contributed by atoms with Crippen molar-refractivity contribution in [2.24, 2.45) is 17.8 Å². The first kappa shape index (κ1) is 14.6. The molecule has 6 heteroatoms. The molecule has 2 heterocycles. The molecule has 1 saturated carbocycles. The lowest BCUT2D eigenvalue weighted by atomic mass is 9.92. The van der Waals surface area contributed by atoms with E-state index in [0.717, 1.165) is 19.3 Å². The fraction of sp³-hybridized carbons (Fsp3) is 0.867. The number of likely N-dealkylation sites (tertiary alicyclic amines) is 2. The monoisotopic (exact) mass is 296 g/mol. The van der Waals surface area contributed by atoms with Gasteiger partial charge in [-0.1, -0.05) is 6.92 Å². The van der Waals surface area contributed by atoms with Gasteiger partial charge in [-0.15, -0.1) is 0 Å². The van der Waals surface area contributed by atoms with Crippen LogP contribution in [0.15, 0.2) is 0 Å². The normalized spacial score (nSPS) is 39.4. The van der Waals surface area contributed by atoms with Gasteiger partial charge in [0.2, 0.25) is 0 Å². The van der Waals surface area contributed by atoms with Gasteiger partial charge < -0.3 is 20.0 Å². The van der Waals surface area contributed by atoms with Crippen LogP contribution >= 0.6 is 0 Å². The lowest BCUT2D eigenvalue weighted by Gasteiger charge is -2.38. The van der Waals surface area contributed by atoms with Gasteiger partial charge in [0.1, 0.15) is 6.04 Å². The van der Waals surface area contributed by atoms with Gasteiger partial charge in [-0.05, 0) is 37.5 Å². The fourth-order valence-corrected chi connectivity index (χ4v) is 4.18. The maximum Gasteiger partial charge on any atom is 0.326 e. The van der Waals surface area contributed by atoms with Crippen LogP contribution in [0.5, 0.6) is 0 Å². The number of fused-ring (bicyclic) bond motifs is 1. The Bertz CT molecular complexity index is 441. The van der Waals surface area contributed by atoms with Crippen LogP contribution in [0, 0.1) is 17.8 Å². The van der Waals surface area contributed by atoms with Crippen molar-refractivity contribution < 1.29 is 19.8 Å². The van der Waals surface area contributed by atoms with E-state index in [9.17, 15) is 19.8 Å². The summed E-state index contributed by atoms with van der Waals surface area (Å²) < 4.78 is 0. The molecular formula is C15H24N2O4. The Labute approximate surface area is 124 Å². The number of urea groups is 1. The van der Waals surface area contributed by atoms with E-state index in [-0.39, 0.29) is 18.1 Å². The minimum Gasteiger partial charge on any atom is -0.480 e. The minimum atomic E-state index is -0.908. The molecule has 2 saturated heterocycles. The van der Waals surface area contributed by atoms with Gasteiger partial charge in [0.15, 0.2) is 0 Å². The first-order valence-corrected chi connectivity index (χ1v) is 7.93. The van der Waals surface area contributed by atoms with E-state index in [1.807, 2.05) is 6.92 Å². The molecule has 0 radical (unpaired) electrons. The van der Waals surface area contributed by atoms with Crippen molar-refractivity contribution in [1.82, 2.24) is 9.80 Å². The number of rotatable bonds is 1. The molecule has 0 aromatic rings. The molecule has 0 aromatic heterocycles. The van der Waals surface area contributed by atoms with E-state index in [2.05, 4.69) is 0 Å². The summed E-state index contributed by atoms with van der Waals surface area (Å²) in [6, 6.07) is -0.859. The summed E-state index contributed by atoms with van der Waals surface area (Å²) in [7, 11) is 0. The summed E-state index contributed by atoms with van der Waals surface area (Å²) >= 11 is 0. The van der Waals surface area contributed by atoms with E-state index >= 15 is 0 Å². The molecule has 0 spiro atoms. The SMILES string of the molecule is CC1CCN(C(=O)N2CC3CCC(O)C3C2)C(C(=O)O)C1. The first-order valence-electron chi connectivity index (χ1n) is 7.93. The number of nitrogens with zero attached hydrogens (tertiary/aromatic N) is 2. The lowest BCUT2D eigenvalue weighted by molar-refractivity contribution is -0.144. The second kappa shape index (κ2) is 5.48. The average molecular weight is 296 g/mol. The largest absolute Gasteiger partial charge is 0.480 e. The van der Waals surface area contributed by atoms with Crippen LogP contribution in [0.3, 0.4) is 0 Å². The number of aliphatic carboxylic acids is 1. The molecule has 5 atom stereocenters. The van der Waals surface area contributed by atoms with Crippen molar-refractivity contribution in [2.45, 2.75) is 44.8 Å². The molecule has 2 aliphatic heterocycles. The third-order valence-electron chi connectivity index (χ3n) is 5.48. The van der Waals surface area contributed by atoms with Crippen molar-refractivity contribution in [1.29, 1.82) is 0 Å². The summed E-state index contributed by atoms with van der Waals surface area (Å²) in [5, 5.41) is 19.3. The molecule has 0 bridgehead atoms. The van der Waals surface area contributed by atoms with Crippen LogP contribution in [0.4, 0.5) is 4.79 Å². The zero-order chi connectivity index (χ0) is 15.1. The Kier molecular flexibility index (Phi) is 3.82. The summed E-state index contributed by atoms with van der Waals surface area (Å²) in [6.07, 6.45) is 2.89. The fourth-order valence-electron chi connectivity index (χ4n) is 4.18. The molecule has 3 fully saturated rings. The highest BCUT2D eigenvalue weighted by molar-refractivity contribution is 5.83. The number of aliphatic hydroxyl groups excluding tert-OH is 1. The van der Waals surface area contributed by atoms with E-state index in [0.29, 0.717) is 37.9 Å². The third kappa shape index (κ3) is 2.61. The highest BCUT2D eigenvalue weighted by Gasteiger charge is 2.45. The molecule has 0 aromatic carbocycles. The molecule has 3 aliphatic rings. The van der Waals surface area contributed by atoms with E-state index in [1.54, 1.807) is 4.90 Å². The van der Waals surface area contributed by atoms with Crippen molar-refractivity contribution >= 4 is 12.0 Å². The number of carboxylic acids is 1. The maximum atomic E-state index is 12.7. The molecule has 1 aliphatic carbocycles. The first-order chi connectivity index (χ1) is 9.97. The summed E-state index contributed by atoms with van der Waals surface area (Å²) in [6.45, 7) is 3.79. The topological polar surface area (TPSA) is 81.1 Å². The van der Waals surface area contributed by atoms with Crippen LogP contribution in [0.25, 0.3) is 0 Å². The van der Waals surface area contributed by atoms with E-state index in [4.69, 9.17) is 0 Å². The minimum absolute atomic E-state index is 0.157. The number of carboxylic acid groups (broad SMARTS) is 1. The molecular weight excluding hydrogens is 272 g/mol. The molecule has 3 rings (SSSR count). The summed E-state index contributed by atoms with van der Waals surface area (Å²) in [5.41, 5.74) is 0. The predicted molar refractivity (Wildman–Crippen MR) is 75.7 cm³/mol. The van der Waals surface area contributed by atoms with Crippen LogP contribution < -0.4 is 0 Å². The smallest absolute Gasteiger partial charge is 0.326 e. The van der Waals surface area contributed by atoms with Crippen molar-refractivity contribution in [3.63, 3.8) is 0 Å². The maximum absolute atomic E-state index is 12.7. The quantitative estimate of drug-likeness (QED) is 0.756. The molecule has 118 valence electrons. The van der Waals surface area contributed by atoms with Gasteiger partial charge >= 0.3 is 12.0 Å². The van der Waals surface area contributed by atoms with Crippen LogP contribution in [-0.2, 0) is 4.79 Å². The molecule has 2 N–H and O–H groups in total. The highest BCUT2D eigenvalue weighted by Crippen LogP contribution is 2.38. The zero-order valence-electron chi connectivity index (χ0n) is 12.4. The standard InChI is InChI=1S/C15H24N2O4/c1-9-4-5-17(12(6-9)14(19)20)15(21)16-7-10-2-3-13(18)11(10)8-16/h9-13,18H,2-8H2,1H3,(H,19,20). The lowest BCUT2D eigenvalue weighted by Crippen LogP contribution is -2.54. The van der Waals surface area contributed by atoms with Gasteiger partial charge in [-0.3, -0.25) is 0 Å². The Hall–Kier alpha value is -1.30. The van der Waals surface area contributed by atoms with Crippen LogP contribution in [-0.4, -0.2) is 63.8 Å². The van der Waals surface area contributed by atoms with Crippen LogP contribution in [0.1, 0.15) is 32.6 Å². The molecule has 6 nitrogen and oxygen atoms in total. The predicted octanol–water partition coefficient (Wildman–Crippen LogP) is 0.994. The van der Waals surface area contributed by atoms with E-state index in [1.165, 1.54) is 4.90 Å². The zero-order valence-corrected chi connectivity index (χ0v) is 12.4. The number of aliphatic hydroxyl groups is 1. The van der Waals surface area contributed by atoms with Crippen LogP contribution in [0.2, 0.25) is 0 Å². The van der Waals surface area contributed by atoms with Crippen molar-refractivity contribution in [3.05, 3.63) is 0 Å². The number of carbonyl (C=O) groups excluding carboxylic acids is 1. The third-order valence-corrected chi connectivity index (χ3v) is 5.48. The summed E-state index contributed by atoms with van der Waals surface area (Å²) in [5.74, 6) is 0.00106. The molecule has 2 amide bonds. The van der Waals surface area contributed by atoms with E-state index < -0.39 is 12.0 Å². The number of piperidine rings is 1. The number of amides is 2. The Morgan fingerprint density at radius 1 is 1.14 bits per heavy atom. The van der Waals surface area contributed by atoms with Crippen molar-refractivity contribution in [3.8, 4) is 0 Å². The Morgan fingerprint density at radius 2 is 1.90 bits per heavy atom. The summed E-state index contributed by atoms with van der Waals surface area (Å²) in [4.78, 5) is 27.4. The second-order valence-corrected chi connectivity index (χ2v) is 6.93. The highest BCUT2D eigenvalue weighted by atomic mass is 16.4. The van der Waals surface area contributed by atoms with Gasteiger partial charge in [0, 0.05) is 25.6 Å². The van der Waals surface area contributed by atoms with Gasteiger partial charge in [-0.25, -0.2) is 9.59 Å². The Balaban J connectivity index is 1.68. The van der Waals surface area contributed by atoms with Gasteiger partial charge in [0.25, 0.3) is 0 Å².